The van der Waals surface area contributed by atoms with Gasteiger partial charge in [-0.3, -0.25) is 4.79 Å². The van der Waals surface area contributed by atoms with Gasteiger partial charge in [-0.25, -0.2) is 0 Å². The van der Waals surface area contributed by atoms with Gasteiger partial charge in [0, 0.05) is 19.6 Å². The number of rotatable bonds is 1. The van der Waals surface area contributed by atoms with Gasteiger partial charge in [0.1, 0.15) is 0 Å². The quantitative estimate of drug-likeness (QED) is 0.861. The summed E-state index contributed by atoms with van der Waals surface area (Å²) in [5.41, 5.74) is 1.68. The lowest BCUT2D eigenvalue weighted by atomic mass is 10.1. The Hall–Kier alpha value is -0.770. The lowest BCUT2D eigenvalue weighted by Gasteiger charge is -2.20. The number of hydrogen-bond acceptors (Lipinski definition) is 2. The van der Waals surface area contributed by atoms with E-state index in [1.807, 2.05) is 30.0 Å². The molecule has 1 aromatic rings. The number of aryl methyl sites for hydroxylation is 1. The van der Waals surface area contributed by atoms with Crippen LogP contribution in [-0.4, -0.2) is 37.0 Å². The molecule has 1 aromatic carbocycles. The first kappa shape index (κ1) is 15.3. The van der Waals surface area contributed by atoms with Crippen molar-refractivity contribution in [2.75, 3.05) is 26.2 Å². The molecule has 1 aliphatic rings. The fraction of sp³-hybridized carbons (Fsp3) is 0.462. The van der Waals surface area contributed by atoms with Crippen molar-refractivity contribution in [3.8, 4) is 0 Å². The van der Waals surface area contributed by atoms with Crippen LogP contribution in [0.5, 0.6) is 0 Å². The first-order chi connectivity index (χ1) is 8.18. The van der Waals surface area contributed by atoms with Crippen molar-refractivity contribution in [1.29, 1.82) is 0 Å². The second kappa shape index (κ2) is 6.98. The normalized spacial score (nSPS) is 15.8. The molecule has 18 heavy (non-hydrogen) atoms. The maximum atomic E-state index is 12.3. The minimum absolute atomic E-state index is 0. The molecule has 1 N–H and O–H groups in total. The molecule has 1 saturated heterocycles. The number of carbonyl (C=O) groups is 1. The maximum absolute atomic E-state index is 12.3. The molecule has 0 unspecified atom stereocenters. The van der Waals surface area contributed by atoms with Gasteiger partial charge in [-0.05, 0) is 37.6 Å². The molecule has 0 aromatic heterocycles. The second-order valence-corrected chi connectivity index (χ2v) is 4.79. The Morgan fingerprint density at radius 1 is 1.33 bits per heavy atom. The predicted octanol–water partition coefficient (Wildman–Crippen LogP) is 2.51. The average Bonchev–Trinajstić information content (AvgIpc) is 2.56. The highest BCUT2D eigenvalue weighted by atomic mass is 35.5. The van der Waals surface area contributed by atoms with Gasteiger partial charge in [-0.1, -0.05) is 17.7 Å². The molecule has 2 rings (SSSR count). The minimum atomic E-state index is 0. The Balaban J connectivity index is 0.00000162. The Labute approximate surface area is 119 Å². The smallest absolute Gasteiger partial charge is 0.255 e. The van der Waals surface area contributed by atoms with Gasteiger partial charge in [0.05, 0.1) is 10.6 Å². The second-order valence-electron chi connectivity index (χ2n) is 4.38. The van der Waals surface area contributed by atoms with Crippen molar-refractivity contribution in [3.05, 3.63) is 34.3 Å². The van der Waals surface area contributed by atoms with Gasteiger partial charge in [-0.15, -0.1) is 12.4 Å². The Morgan fingerprint density at radius 3 is 2.83 bits per heavy atom. The van der Waals surface area contributed by atoms with Crippen molar-refractivity contribution in [2.45, 2.75) is 13.3 Å². The molecule has 3 nitrogen and oxygen atoms in total. The van der Waals surface area contributed by atoms with Crippen LogP contribution in [-0.2, 0) is 0 Å². The van der Waals surface area contributed by atoms with E-state index in [1.54, 1.807) is 0 Å². The molecular formula is C13H18Cl2N2O. The summed E-state index contributed by atoms with van der Waals surface area (Å²) >= 11 is 6.12. The summed E-state index contributed by atoms with van der Waals surface area (Å²) in [6.07, 6.45) is 0.995. The van der Waals surface area contributed by atoms with E-state index in [0.29, 0.717) is 10.6 Å². The van der Waals surface area contributed by atoms with Crippen LogP contribution in [0, 0.1) is 6.92 Å². The Bertz CT molecular complexity index is 415. The summed E-state index contributed by atoms with van der Waals surface area (Å²) in [7, 11) is 0. The Morgan fingerprint density at radius 2 is 2.11 bits per heavy atom. The van der Waals surface area contributed by atoms with Crippen LogP contribution >= 0.6 is 24.0 Å². The number of hydrogen-bond donors (Lipinski definition) is 1. The number of nitrogens with one attached hydrogen (secondary N) is 1. The van der Waals surface area contributed by atoms with Gasteiger partial charge >= 0.3 is 0 Å². The van der Waals surface area contributed by atoms with Crippen LogP contribution in [0.25, 0.3) is 0 Å². The predicted molar refractivity (Wildman–Crippen MR) is 76.8 cm³/mol. The average molecular weight is 289 g/mol. The lowest BCUT2D eigenvalue weighted by Crippen LogP contribution is -2.34. The number of benzene rings is 1. The molecule has 0 spiro atoms. The summed E-state index contributed by atoms with van der Waals surface area (Å²) in [4.78, 5) is 14.2. The highest BCUT2D eigenvalue weighted by Gasteiger charge is 2.19. The van der Waals surface area contributed by atoms with Crippen molar-refractivity contribution < 1.29 is 4.79 Å². The first-order valence-electron chi connectivity index (χ1n) is 5.94. The van der Waals surface area contributed by atoms with Gasteiger partial charge in [0.25, 0.3) is 5.91 Å². The van der Waals surface area contributed by atoms with Crippen LogP contribution in [0.4, 0.5) is 0 Å². The highest BCUT2D eigenvalue weighted by Crippen LogP contribution is 2.19. The fourth-order valence-corrected chi connectivity index (χ4v) is 2.33. The summed E-state index contributed by atoms with van der Waals surface area (Å²) in [6.45, 7) is 5.36. The molecule has 0 saturated carbocycles. The fourth-order valence-electron chi connectivity index (χ4n) is 2.01. The van der Waals surface area contributed by atoms with Crippen LogP contribution in [0.3, 0.4) is 0 Å². The van der Waals surface area contributed by atoms with Gasteiger partial charge < -0.3 is 10.2 Å². The van der Waals surface area contributed by atoms with Crippen LogP contribution in [0.15, 0.2) is 18.2 Å². The molecule has 0 aliphatic carbocycles. The molecule has 1 fully saturated rings. The summed E-state index contributed by atoms with van der Waals surface area (Å²) in [5.74, 6) is 0.0405. The zero-order valence-corrected chi connectivity index (χ0v) is 12.0. The number of amides is 1. The van der Waals surface area contributed by atoms with Crippen molar-refractivity contribution in [3.63, 3.8) is 0 Å². The Kier molecular flexibility index (Phi) is 5.93. The summed E-state index contributed by atoms with van der Waals surface area (Å²) in [6, 6.07) is 5.58. The molecule has 1 aliphatic heterocycles. The molecule has 0 atom stereocenters. The molecule has 0 bridgehead atoms. The van der Waals surface area contributed by atoms with Gasteiger partial charge in [0.2, 0.25) is 0 Å². The zero-order chi connectivity index (χ0) is 12.3. The maximum Gasteiger partial charge on any atom is 0.255 e. The van der Waals surface area contributed by atoms with Crippen LogP contribution < -0.4 is 5.32 Å². The number of nitrogens with zero attached hydrogens (tertiary/aromatic N) is 1. The van der Waals surface area contributed by atoms with Crippen molar-refractivity contribution in [2.24, 2.45) is 0 Å². The van der Waals surface area contributed by atoms with E-state index in [4.69, 9.17) is 11.6 Å². The molecule has 0 radical (unpaired) electrons. The van der Waals surface area contributed by atoms with E-state index in [9.17, 15) is 4.79 Å². The minimum Gasteiger partial charge on any atom is -0.337 e. The summed E-state index contributed by atoms with van der Waals surface area (Å²) in [5, 5.41) is 3.83. The monoisotopic (exact) mass is 288 g/mol. The van der Waals surface area contributed by atoms with E-state index < -0.39 is 0 Å². The SMILES string of the molecule is Cc1ccc(C(=O)N2CCCNCC2)c(Cl)c1.Cl. The van der Waals surface area contributed by atoms with Crippen LogP contribution in [0.2, 0.25) is 5.02 Å². The highest BCUT2D eigenvalue weighted by molar-refractivity contribution is 6.33. The van der Waals surface area contributed by atoms with E-state index in [1.165, 1.54) is 0 Å². The standard InChI is InChI=1S/C13H17ClN2O.ClH/c1-10-3-4-11(12(14)9-10)13(17)16-7-2-5-15-6-8-16;/h3-4,9,15H,2,5-8H2,1H3;1H. The van der Waals surface area contributed by atoms with E-state index in [0.717, 1.165) is 38.2 Å². The topological polar surface area (TPSA) is 32.3 Å². The molecule has 1 amide bonds. The number of halogens is 2. The molecule has 5 heteroatoms. The third-order valence-corrected chi connectivity index (χ3v) is 3.30. The third-order valence-electron chi connectivity index (χ3n) is 2.98. The largest absolute Gasteiger partial charge is 0.337 e. The molecular weight excluding hydrogens is 271 g/mol. The van der Waals surface area contributed by atoms with E-state index in [2.05, 4.69) is 5.32 Å². The summed E-state index contributed by atoms with van der Waals surface area (Å²) < 4.78 is 0. The lowest BCUT2D eigenvalue weighted by molar-refractivity contribution is 0.0766. The van der Waals surface area contributed by atoms with Gasteiger partial charge in [-0.2, -0.15) is 0 Å². The van der Waals surface area contributed by atoms with Crippen LogP contribution in [0.1, 0.15) is 22.3 Å². The van der Waals surface area contributed by atoms with Crippen molar-refractivity contribution in [1.82, 2.24) is 10.2 Å². The molecule has 100 valence electrons. The number of carbonyl (C=O) groups excluding carboxylic acids is 1. The van der Waals surface area contributed by atoms with E-state index in [-0.39, 0.29) is 18.3 Å². The zero-order valence-electron chi connectivity index (χ0n) is 10.4. The van der Waals surface area contributed by atoms with Crippen molar-refractivity contribution >= 4 is 29.9 Å². The van der Waals surface area contributed by atoms with E-state index >= 15 is 0 Å². The van der Waals surface area contributed by atoms with Gasteiger partial charge in [0.15, 0.2) is 0 Å². The third kappa shape index (κ3) is 3.61. The first-order valence-corrected chi connectivity index (χ1v) is 6.32. The molecule has 1 heterocycles.